The zero-order chi connectivity index (χ0) is 9.84. The molecule has 13 heavy (non-hydrogen) atoms. The van der Waals surface area contributed by atoms with Gasteiger partial charge in [-0.3, -0.25) is 0 Å². The average Bonchev–Trinajstić information content (AvgIpc) is 2.08. The SMILES string of the molecule is FC(F)Oc1ccc(CCl)cc1Cl. The minimum absolute atomic E-state index is 0.0365. The van der Waals surface area contributed by atoms with E-state index >= 15 is 0 Å². The Morgan fingerprint density at radius 3 is 2.54 bits per heavy atom. The fourth-order valence-electron chi connectivity index (χ4n) is 0.819. The van der Waals surface area contributed by atoms with Crippen molar-refractivity contribution in [2.75, 3.05) is 0 Å². The van der Waals surface area contributed by atoms with Crippen LogP contribution in [0.25, 0.3) is 0 Å². The standard InChI is InChI=1S/C8H6Cl2F2O/c9-4-5-1-2-7(6(10)3-5)13-8(11)12/h1-3,8H,4H2. The molecule has 0 bridgehead atoms. The Balaban J connectivity index is 2.85. The van der Waals surface area contributed by atoms with Gasteiger partial charge in [-0.25, -0.2) is 0 Å². The average molecular weight is 227 g/mol. The van der Waals surface area contributed by atoms with Crippen molar-refractivity contribution in [2.45, 2.75) is 12.5 Å². The van der Waals surface area contributed by atoms with Crippen molar-refractivity contribution in [3.63, 3.8) is 0 Å². The van der Waals surface area contributed by atoms with Gasteiger partial charge in [0.1, 0.15) is 5.75 Å². The van der Waals surface area contributed by atoms with Gasteiger partial charge in [-0.1, -0.05) is 17.7 Å². The van der Waals surface area contributed by atoms with E-state index in [9.17, 15) is 8.78 Å². The number of benzene rings is 1. The molecule has 1 aromatic rings. The van der Waals surface area contributed by atoms with Gasteiger partial charge in [0.2, 0.25) is 0 Å². The van der Waals surface area contributed by atoms with Crippen LogP contribution >= 0.6 is 23.2 Å². The maximum atomic E-state index is 11.8. The molecule has 0 N–H and O–H groups in total. The number of rotatable bonds is 3. The lowest BCUT2D eigenvalue weighted by Crippen LogP contribution is -2.02. The summed E-state index contributed by atoms with van der Waals surface area (Å²) in [5.74, 6) is 0.250. The molecule has 0 saturated carbocycles. The maximum Gasteiger partial charge on any atom is 0.387 e. The molecular weight excluding hydrogens is 221 g/mol. The summed E-state index contributed by atoms with van der Waals surface area (Å²) in [6, 6.07) is 4.44. The number of hydrogen-bond acceptors (Lipinski definition) is 1. The summed E-state index contributed by atoms with van der Waals surface area (Å²) in [6.07, 6.45) is 0. The van der Waals surface area contributed by atoms with E-state index in [4.69, 9.17) is 23.2 Å². The maximum absolute atomic E-state index is 11.8. The Morgan fingerprint density at radius 2 is 2.08 bits per heavy atom. The van der Waals surface area contributed by atoms with E-state index in [2.05, 4.69) is 4.74 Å². The van der Waals surface area contributed by atoms with Crippen LogP contribution in [0.5, 0.6) is 5.75 Å². The normalized spacial score (nSPS) is 10.5. The number of halogens is 4. The highest BCUT2D eigenvalue weighted by Crippen LogP contribution is 2.27. The van der Waals surface area contributed by atoms with E-state index in [0.29, 0.717) is 0 Å². The molecule has 5 heteroatoms. The lowest BCUT2D eigenvalue weighted by atomic mass is 10.2. The number of hydrogen-bond donors (Lipinski definition) is 0. The van der Waals surface area contributed by atoms with Crippen LogP contribution in [0.4, 0.5) is 8.78 Å². The topological polar surface area (TPSA) is 9.23 Å². The van der Waals surface area contributed by atoms with Crippen molar-refractivity contribution in [3.8, 4) is 5.75 Å². The molecule has 0 unspecified atom stereocenters. The van der Waals surface area contributed by atoms with Crippen LogP contribution < -0.4 is 4.74 Å². The van der Waals surface area contributed by atoms with Gasteiger partial charge in [0, 0.05) is 5.88 Å². The van der Waals surface area contributed by atoms with Crippen molar-refractivity contribution in [1.82, 2.24) is 0 Å². The first-order valence-electron chi connectivity index (χ1n) is 3.42. The molecule has 1 aromatic carbocycles. The molecule has 0 amide bonds. The third kappa shape index (κ3) is 3.01. The molecule has 0 saturated heterocycles. The zero-order valence-electron chi connectivity index (χ0n) is 6.44. The van der Waals surface area contributed by atoms with Crippen molar-refractivity contribution >= 4 is 23.2 Å². The van der Waals surface area contributed by atoms with Crippen LogP contribution in [0.1, 0.15) is 5.56 Å². The zero-order valence-corrected chi connectivity index (χ0v) is 7.95. The molecule has 0 atom stereocenters. The first kappa shape index (κ1) is 10.5. The van der Waals surface area contributed by atoms with E-state index in [1.807, 2.05) is 0 Å². The van der Waals surface area contributed by atoms with E-state index in [0.717, 1.165) is 5.56 Å². The Kier molecular flexibility index (Phi) is 3.75. The Bertz CT molecular complexity index is 291. The first-order chi connectivity index (χ1) is 6.13. The van der Waals surface area contributed by atoms with E-state index in [1.54, 1.807) is 6.07 Å². The summed E-state index contributed by atoms with van der Waals surface area (Å²) >= 11 is 11.1. The van der Waals surface area contributed by atoms with Crippen LogP contribution in [0.3, 0.4) is 0 Å². The fraction of sp³-hybridized carbons (Fsp3) is 0.250. The summed E-state index contributed by atoms with van der Waals surface area (Å²) in [4.78, 5) is 0. The lowest BCUT2D eigenvalue weighted by Gasteiger charge is -2.06. The van der Waals surface area contributed by atoms with Gasteiger partial charge in [-0.05, 0) is 17.7 Å². The highest BCUT2D eigenvalue weighted by Gasteiger charge is 2.08. The smallest absolute Gasteiger partial charge is 0.387 e. The van der Waals surface area contributed by atoms with Crippen molar-refractivity contribution in [2.24, 2.45) is 0 Å². The number of ether oxygens (including phenoxy) is 1. The van der Waals surface area contributed by atoms with E-state index in [1.165, 1.54) is 12.1 Å². The van der Waals surface area contributed by atoms with Crippen LogP contribution in [0.15, 0.2) is 18.2 Å². The molecule has 0 aliphatic carbocycles. The second-order valence-electron chi connectivity index (χ2n) is 2.28. The molecule has 0 heterocycles. The summed E-state index contributed by atoms with van der Waals surface area (Å²) in [5, 5.41) is 0.137. The van der Waals surface area contributed by atoms with Gasteiger partial charge >= 0.3 is 6.61 Å². The third-order valence-electron chi connectivity index (χ3n) is 1.37. The number of alkyl halides is 3. The van der Waals surface area contributed by atoms with E-state index in [-0.39, 0.29) is 16.7 Å². The molecule has 0 radical (unpaired) electrons. The predicted molar refractivity (Wildman–Crippen MR) is 47.6 cm³/mol. The van der Waals surface area contributed by atoms with Crippen molar-refractivity contribution in [3.05, 3.63) is 28.8 Å². The van der Waals surface area contributed by atoms with Crippen LogP contribution in [-0.4, -0.2) is 6.61 Å². The Hall–Kier alpha value is -0.540. The minimum atomic E-state index is -2.86. The molecule has 0 spiro atoms. The molecular formula is C8H6Cl2F2O. The summed E-state index contributed by atoms with van der Waals surface area (Å²) < 4.78 is 27.7. The Labute approximate surface area is 84.2 Å². The monoisotopic (exact) mass is 226 g/mol. The molecule has 72 valence electrons. The van der Waals surface area contributed by atoms with Crippen LogP contribution in [0.2, 0.25) is 5.02 Å². The van der Waals surface area contributed by atoms with Gasteiger partial charge in [0.15, 0.2) is 0 Å². The van der Waals surface area contributed by atoms with Gasteiger partial charge in [-0.15, -0.1) is 11.6 Å². The molecule has 1 nitrogen and oxygen atoms in total. The van der Waals surface area contributed by atoms with Gasteiger partial charge < -0.3 is 4.74 Å². The first-order valence-corrected chi connectivity index (χ1v) is 4.34. The highest BCUT2D eigenvalue weighted by molar-refractivity contribution is 6.32. The molecule has 0 aliphatic rings. The summed E-state index contributed by atoms with van der Waals surface area (Å²) in [6.45, 7) is -2.86. The third-order valence-corrected chi connectivity index (χ3v) is 1.97. The largest absolute Gasteiger partial charge is 0.433 e. The molecule has 0 aliphatic heterocycles. The Morgan fingerprint density at radius 1 is 1.38 bits per heavy atom. The molecule has 0 fully saturated rings. The fourth-order valence-corrected chi connectivity index (χ4v) is 1.23. The van der Waals surface area contributed by atoms with E-state index < -0.39 is 6.61 Å². The predicted octanol–water partition coefficient (Wildman–Crippen LogP) is 3.68. The van der Waals surface area contributed by atoms with Crippen LogP contribution in [0, 0.1) is 0 Å². The second-order valence-corrected chi connectivity index (χ2v) is 2.95. The van der Waals surface area contributed by atoms with Gasteiger partial charge in [0.05, 0.1) is 5.02 Å². The minimum Gasteiger partial charge on any atom is -0.433 e. The molecule has 1 rings (SSSR count). The summed E-state index contributed by atoms with van der Waals surface area (Å²) in [5.41, 5.74) is 0.758. The van der Waals surface area contributed by atoms with Crippen LogP contribution in [-0.2, 0) is 5.88 Å². The van der Waals surface area contributed by atoms with Gasteiger partial charge in [-0.2, -0.15) is 8.78 Å². The van der Waals surface area contributed by atoms with Gasteiger partial charge in [0.25, 0.3) is 0 Å². The van der Waals surface area contributed by atoms with Crippen molar-refractivity contribution < 1.29 is 13.5 Å². The van der Waals surface area contributed by atoms with Crippen molar-refractivity contribution in [1.29, 1.82) is 0 Å². The highest BCUT2D eigenvalue weighted by atomic mass is 35.5. The quantitative estimate of drug-likeness (QED) is 0.715. The second kappa shape index (κ2) is 4.63. The lowest BCUT2D eigenvalue weighted by molar-refractivity contribution is -0.0497. The molecule has 0 aromatic heterocycles. The summed E-state index contributed by atoms with van der Waals surface area (Å²) in [7, 11) is 0.